The topological polar surface area (TPSA) is 102 Å². The minimum atomic E-state index is -0.614. The summed E-state index contributed by atoms with van der Waals surface area (Å²) in [5.74, 6) is 0.0456. The molecule has 110 valence electrons. The number of rotatable bonds is 6. The minimum absolute atomic E-state index is 0.00680. The summed E-state index contributed by atoms with van der Waals surface area (Å²) in [5, 5.41) is 11.0. The first-order chi connectivity index (χ1) is 9.40. The van der Waals surface area contributed by atoms with Crippen molar-refractivity contribution >= 4 is 17.4 Å². The van der Waals surface area contributed by atoms with Crippen molar-refractivity contribution in [2.75, 3.05) is 18.8 Å². The first-order valence-corrected chi connectivity index (χ1v) is 6.59. The molecule has 1 aromatic rings. The molecule has 0 aliphatic rings. The number of amides is 1. The summed E-state index contributed by atoms with van der Waals surface area (Å²) in [7, 11) is 0. The molecular weight excluding hydrogens is 260 g/mol. The summed E-state index contributed by atoms with van der Waals surface area (Å²) in [5.41, 5.74) is 5.21. The average molecular weight is 280 g/mol. The Morgan fingerprint density at radius 3 is 2.70 bits per heavy atom. The van der Waals surface area contributed by atoms with Gasteiger partial charge in [-0.25, -0.2) is 4.98 Å². The molecule has 0 fully saturated rings. The van der Waals surface area contributed by atoms with Crippen LogP contribution >= 0.6 is 0 Å². The number of pyridine rings is 1. The third kappa shape index (κ3) is 3.66. The summed E-state index contributed by atoms with van der Waals surface area (Å²) in [6.45, 7) is 6.96. The Morgan fingerprint density at radius 2 is 2.20 bits per heavy atom. The fraction of sp³-hybridized carbons (Fsp3) is 0.538. The van der Waals surface area contributed by atoms with E-state index in [-0.39, 0.29) is 23.0 Å². The van der Waals surface area contributed by atoms with Crippen LogP contribution in [0.2, 0.25) is 0 Å². The second-order valence-corrected chi connectivity index (χ2v) is 4.74. The number of hydrogen-bond donors (Lipinski definition) is 1. The number of nitro groups is 1. The van der Waals surface area contributed by atoms with E-state index in [0.29, 0.717) is 19.0 Å². The van der Waals surface area contributed by atoms with E-state index in [2.05, 4.69) is 4.98 Å². The molecule has 1 unspecified atom stereocenters. The van der Waals surface area contributed by atoms with Gasteiger partial charge in [-0.1, -0.05) is 20.3 Å². The smallest absolute Gasteiger partial charge is 0.300 e. The summed E-state index contributed by atoms with van der Waals surface area (Å²) in [6, 6.07) is 1.26. The highest BCUT2D eigenvalue weighted by Gasteiger charge is 2.25. The number of nitrogens with zero attached hydrogens (tertiary/aromatic N) is 3. The Balaban J connectivity index is 3.11. The predicted octanol–water partition coefficient (Wildman–Crippen LogP) is 2.08. The molecular formula is C13H20N4O3. The van der Waals surface area contributed by atoms with E-state index < -0.39 is 4.92 Å². The fourth-order valence-corrected chi connectivity index (χ4v) is 1.81. The Morgan fingerprint density at radius 1 is 1.55 bits per heavy atom. The van der Waals surface area contributed by atoms with Gasteiger partial charge in [-0.3, -0.25) is 14.9 Å². The third-order valence-corrected chi connectivity index (χ3v) is 3.23. The Bertz CT molecular complexity index is 504. The number of aromatic nitrogens is 1. The van der Waals surface area contributed by atoms with E-state index in [1.807, 2.05) is 20.8 Å². The van der Waals surface area contributed by atoms with E-state index in [9.17, 15) is 14.9 Å². The van der Waals surface area contributed by atoms with Crippen molar-refractivity contribution in [3.8, 4) is 0 Å². The number of hydrogen-bond acceptors (Lipinski definition) is 5. The highest BCUT2D eigenvalue weighted by Crippen LogP contribution is 2.21. The molecule has 1 aromatic heterocycles. The van der Waals surface area contributed by atoms with Gasteiger partial charge < -0.3 is 10.6 Å². The molecule has 0 aliphatic heterocycles. The van der Waals surface area contributed by atoms with Gasteiger partial charge in [0.2, 0.25) is 0 Å². The molecule has 0 aliphatic carbocycles. The zero-order valence-corrected chi connectivity index (χ0v) is 12.0. The van der Waals surface area contributed by atoms with Gasteiger partial charge in [0, 0.05) is 13.1 Å². The number of anilines is 1. The highest BCUT2D eigenvalue weighted by molar-refractivity contribution is 5.98. The van der Waals surface area contributed by atoms with Crippen LogP contribution in [0.1, 0.15) is 37.6 Å². The lowest BCUT2D eigenvalue weighted by molar-refractivity contribution is -0.385. The average Bonchev–Trinajstić information content (AvgIpc) is 2.43. The SMILES string of the molecule is CCC(C)CN(CC)C(=O)c1cc(N)ncc1[N+](=O)[O-]. The van der Waals surface area contributed by atoms with Crippen LogP contribution in [0, 0.1) is 16.0 Å². The maximum absolute atomic E-state index is 12.4. The normalized spacial score (nSPS) is 11.9. The largest absolute Gasteiger partial charge is 0.384 e. The third-order valence-electron chi connectivity index (χ3n) is 3.23. The molecule has 1 heterocycles. The van der Waals surface area contributed by atoms with E-state index in [4.69, 9.17) is 5.73 Å². The first kappa shape index (κ1) is 15.9. The van der Waals surface area contributed by atoms with Crippen molar-refractivity contribution < 1.29 is 9.72 Å². The quantitative estimate of drug-likeness (QED) is 0.634. The van der Waals surface area contributed by atoms with Crippen molar-refractivity contribution in [1.29, 1.82) is 0 Å². The van der Waals surface area contributed by atoms with Crippen molar-refractivity contribution in [3.63, 3.8) is 0 Å². The monoisotopic (exact) mass is 280 g/mol. The van der Waals surface area contributed by atoms with E-state index >= 15 is 0 Å². The minimum Gasteiger partial charge on any atom is -0.384 e. The zero-order valence-electron chi connectivity index (χ0n) is 12.0. The lowest BCUT2D eigenvalue weighted by Gasteiger charge is -2.24. The van der Waals surface area contributed by atoms with Crippen LogP contribution < -0.4 is 5.73 Å². The highest BCUT2D eigenvalue weighted by atomic mass is 16.6. The molecule has 0 bridgehead atoms. The lowest BCUT2D eigenvalue weighted by Crippen LogP contribution is -2.35. The van der Waals surface area contributed by atoms with Crippen LogP contribution in [0.25, 0.3) is 0 Å². The Kier molecular flexibility index (Phi) is 5.42. The fourth-order valence-electron chi connectivity index (χ4n) is 1.81. The van der Waals surface area contributed by atoms with Gasteiger partial charge in [0.15, 0.2) is 0 Å². The van der Waals surface area contributed by atoms with Crippen molar-refractivity contribution in [1.82, 2.24) is 9.88 Å². The summed E-state index contributed by atoms with van der Waals surface area (Å²) >= 11 is 0. The van der Waals surface area contributed by atoms with Crippen LogP contribution in [0.3, 0.4) is 0 Å². The summed E-state index contributed by atoms with van der Waals surface area (Å²) in [6.07, 6.45) is 1.96. The van der Waals surface area contributed by atoms with E-state index in [1.165, 1.54) is 6.07 Å². The van der Waals surface area contributed by atoms with Gasteiger partial charge in [0.1, 0.15) is 17.6 Å². The number of nitrogen functional groups attached to an aromatic ring is 1. The number of carbonyl (C=O) groups is 1. The van der Waals surface area contributed by atoms with Crippen LogP contribution in [0.4, 0.5) is 11.5 Å². The predicted molar refractivity (Wildman–Crippen MR) is 76.3 cm³/mol. The molecule has 7 nitrogen and oxygen atoms in total. The molecule has 0 saturated carbocycles. The van der Waals surface area contributed by atoms with Gasteiger partial charge >= 0.3 is 0 Å². The molecule has 20 heavy (non-hydrogen) atoms. The van der Waals surface area contributed by atoms with Crippen LogP contribution in [-0.4, -0.2) is 33.8 Å². The Hall–Kier alpha value is -2.18. The van der Waals surface area contributed by atoms with Gasteiger partial charge in [-0.05, 0) is 18.9 Å². The lowest BCUT2D eigenvalue weighted by atomic mass is 10.1. The van der Waals surface area contributed by atoms with Gasteiger partial charge in [0.25, 0.3) is 11.6 Å². The first-order valence-electron chi connectivity index (χ1n) is 6.59. The zero-order chi connectivity index (χ0) is 15.3. The maximum atomic E-state index is 12.4. The van der Waals surface area contributed by atoms with Crippen LogP contribution in [-0.2, 0) is 0 Å². The van der Waals surface area contributed by atoms with E-state index in [1.54, 1.807) is 4.90 Å². The standard InChI is InChI=1S/C13H20N4O3/c1-4-9(3)8-16(5-2)13(18)10-6-12(14)15-7-11(10)17(19)20/h6-7,9H,4-5,8H2,1-3H3,(H2,14,15). The Labute approximate surface area is 117 Å². The van der Waals surface area contributed by atoms with Gasteiger partial charge in [-0.2, -0.15) is 0 Å². The van der Waals surface area contributed by atoms with Gasteiger partial charge in [0.05, 0.1) is 4.92 Å². The molecule has 0 saturated heterocycles. The summed E-state index contributed by atoms with van der Waals surface area (Å²) in [4.78, 5) is 28.1. The molecule has 2 N–H and O–H groups in total. The van der Waals surface area contributed by atoms with Crippen molar-refractivity contribution in [2.45, 2.75) is 27.2 Å². The van der Waals surface area contributed by atoms with Crippen molar-refractivity contribution in [2.24, 2.45) is 5.92 Å². The second kappa shape index (κ2) is 6.83. The van der Waals surface area contributed by atoms with Crippen LogP contribution in [0.15, 0.2) is 12.3 Å². The molecule has 0 radical (unpaired) electrons. The molecule has 7 heteroatoms. The molecule has 1 rings (SSSR count). The number of nitrogens with two attached hydrogens (primary N) is 1. The maximum Gasteiger partial charge on any atom is 0.300 e. The van der Waals surface area contributed by atoms with Crippen molar-refractivity contribution in [3.05, 3.63) is 27.9 Å². The van der Waals surface area contributed by atoms with Crippen LogP contribution in [0.5, 0.6) is 0 Å². The van der Waals surface area contributed by atoms with Gasteiger partial charge in [-0.15, -0.1) is 0 Å². The molecule has 0 aromatic carbocycles. The second-order valence-electron chi connectivity index (χ2n) is 4.74. The molecule has 1 amide bonds. The number of carbonyl (C=O) groups excluding carboxylic acids is 1. The molecule has 0 spiro atoms. The molecule has 1 atom stereocenters. The van der Waals surface area contributed by atoms with E-state index in [0.717, 1.165) is 12.6 Å². The summed E-state index contributed by atoms with van der Waals surface area (Å²) < 4.78 is 0.